The van der Waals surface area contributed by atoms with E-state index in [0.29, 0.717) is 22.6 Å². The van der Waals surface area contributed by atoms with Crippen molar-refractivity contribution in [3.05, 3.63) is 59.6 Å². The molecule has 150 valence electrons. The normalized spacial score (nSPS) is 18.7. The Hall–Kier alpha value is -2.90. The highest BCUT2D eigenvalue weighted by Gasteiger charge is 2.34. The smallest absolute Gasteiger partial charge is 0.320 e. The molecule has 0 saturated carbocycles. The van der Waals surface area contributed by atoms with Crippen LogP contribution in [0.1, 0.15) is 13.3 Å². The lowest BCUT2D eigenvalue weighted by Gasteiger charge is -2.07. The molecule has 1 aliphatic heterocycles. The molecule has 2 aromatic carbocycles. The average Bonchev–Trinajstić information content (AvgIpc) is 3.33. The number of cyclic esters (lactones) is 1. The maximum atomic E-state index is 11.9. The van der Waals surface area contributed by atoms with Crippen LogP contribution in [0.3, 0.4) is 0 Å². The highest BCUT2D eigenvalue weighted by atomic mass is 35.5. The first-order valence-corrected chi connectivity index (χ1v) is 10.7. The van der Waals surface area contributed by atoms with E-state index in [9.17, 15) is 4.79 Å². The Balaban J connectivity index is 1.54. The fraction of sp³-hybridized carbons (Fsp3) is 0.182. The van der Waals surface area contributed by atoms with Crippen LogP contribution in [0.4, 0.5) is 0 Å². The topological polar surface area (TPSA) is 78.1 Å². The zero-order valence-electron chi connectivity index (χ0n) is 15.9. The van der Waals surface area contributed by atoms with Crippen molar-refractivity contribution >= 4 is 40.2 Å². The third-order valence-electron chi connectivity index (χ3n) is 4.86. The van der Waals surface area contributed by atoms with E-state index in [1.807, 2.05) is 61.5 Å². The van der Waals surface area contributed by atoms with Gasteiger partial charge in [0.1, 0.15) is 11.4 Å². The Bertz CT molecular complexity index is 1240. The Morgan fingerprint density at radius 3 is 2.67 bits per heavy atom. The van der Waals surface area contributed by atoms with Crippen molar-refractivity contribution in [3.63, 3.8) is 0 Å². The summed E-state index contributed by atoms with van der Waals surface area (Å²) >= 11 is 7.27. The van der Waals surface area contributed by atoms with Gasteiger partial charge < -0.3 is 9.15 Å². The number of para-hydroxylation sites is 1. The van der Waals surface area contributed by atoms with Crippen LogP contribution < -0.4 is 0 Å². The molecule has 0 N–H and O–H groups in total. The van der Waals surface area contributed by atoms with Gasteiger partial charge in [0, 0.05) is 22.4 Å². The largest absolute Gasteiger partial charge is 0.462 e. The van der Waals surface area contributed by atoms with E-state index in [-0.39, 0.29) is 17.3 Å². The zero-order chi connectivity index (χ0) is 20.7. The first-order chi connectivity index (χ1) is 14.6. The van der Waals surface area contributed by atoms with Gasteiger partial charge in [0.2, 0.25) is 5.89 Å². The summed E-state index contributed by atoms with van der Waals surface area (Å²) in [5, 5.41) is 9.96. The lowest BCUT2D eigenvalue weighted by Crippen LogP contribution is -2.09. The van der Waals surface area contributed by atoms with E-state index in [1.54, 1.807) is 0 Å². The Labute approximate surface area is 181 Å². The van der Waals surface area contributed by atoms with Crippen molar-refractivity contribution in [2.45, 2.75) is 29.9 Å². The molecule has 2 aromatic heterocycles. The second-order valence-electron chi connectivity index (χ2n) is 7.04. The minimum absolute atomic E-state index is 0.0940. The van der Waals surface area contributed by atoms with Crippen LogP contribution in [-0.2, 0) is 9.53 Å². The van der Waals surface area contributed by atoms with E-state index in [0.717, 1.165) is 27.7 Å². The first-order valence-electron chi connectivity index (χ1n) is 9.43. The van der Waals surface area contributed by atoms with E-state index >= 15 is 0 Å². The number of carbonyl (C=O) groups excluding carboxylic acids is 1. The molecule has 1 aliphatic rings. The number of fused-ring (bicyclic) bond motifs is 1. The predicted octanol–water partition coefficient (Wildman–Crippen LogP) is 5.40. The molecule has 1 fully saturated rings. The quantitative estimate of drug-likeness (QED) is 0.395. The lowest BCUT2D eigenvalue weighted by atomic mass is 10.0. The third-order valence-corrected chi connectivity index (χ3v) is 6.15. The third kappa shape index (κ3) is 3.66. The van der Waals surface area contributed by atoms with Gasteiger partial charge in [-0.05, 0) is 43.0 Å². The summed E-state index contributed by atoms with van der Waals surface area (Å²) in [7, 11) is 0. The number of aromatic nitrogens is 3. The van der Waals surface area contributed by atoms with Gasteiger partial charge in [-0.1, -0.05) is 41.9 Å². The molecule has 0 spiro atoms. The van der Waals surface area contributed by atoms with Crippen molar-refractivity contribution in [1.29, 1.82) is 0 Å². The first kappa shape index (κ1) is 19.1. The van der Waals surface area contributed by atoms with Crippen LogP contribution in [0.2, 0.25) is 5.02 Å². The van der Waals surface area contributed by atoms with Crippen LogP contribution >= 0.6 is 23.4 Å². The van der Waals surface area contributed by atoms with Gasteiger partial charge in [0.15, 0.2) is 0 Å². The monoisotopic (exact) mass is 437 g/mol. The second-order valence-corrected chi connectivity index (χ2v) is 8.63. The number of thioether (sulfide) groups is 1. The summed E-state index contributed by atoms with van der Waals surface area (Å²) in [5.74, 6) is 0.136. The Kier molecular flexibility index (Phi) is 4.92. The summed E-state index contributed by atoms with van der Waals surface area (Å²) in [6.07, 6.45) is 0.531. The number of pyridine rings is 1. The number of hydrogen-bond donors (Lipinski definition) is 0. The minimum atomic E-state index is -0.327. The van der Waals surface area contributed by atoms with Crippen LogP contribution in [0.15, 0.2) is 64.2 Å². The van der Waals surface area contributed by atoms with Crippen molar-refractivity contribution in [2.75, 3.05) is 0 Å². The second kappa shape index (κ2) is 7.74. The number of ether oxygens (including phenoxy) is 1. The molecule has 6 nitrogen and oxygen atoms in total. The molecule has 3 heterocycles. The molecule has 8 heteroatoms. The number of hydrogen-bond acceptors (Lipinski definition) is 7. The van der Waals surface area contributed by atoms with Gasteiger partial charge in [0.05, 0.1) is 16.8 Å². The van der Waals surface area contributed by atoms with Crippen molar-refractivity contribution in [1.82, 2.24) is 15.2 Å². The summed E-state index contributed by atoms with van der Waals surface area (Å²) in [5.41, 5.74) is 3.32. The summed E-state index contributed by atoms with van der Waals surface area (Å²) in [6, 6.07) is 17.2. The molecular weight excluding hydrogens is 422 g/mol. The highest BCUT2D eigenvalue weighted by molar-refractivity contribution is 8.00. The molecule has 0 radical (unpaired) electrons. The molecule has 0 amide bonds. The Morgan fingerprint density at radius 1 is 1.10 bits per heavy atom. The molecular formula is C22H16ClN3O3S. The van der Waals surface area contributed by atoms with Crippen LogP contribution in [0.5, 0.6) is 0 Å². The molecule has 30 heavy (non-hydrogen) atoms. The standard InChI is InChI=1S/C22H16ClN3O3S/c1-12-10-19(21(27)28-12)30-22-26-25-20(29-22)16-11-18(13-6-8-14(23)9-7-13)24-17-5-3-2-4-15(16)17/h2-9,11-12,19H,10H2,1H3/t12-,19-/m1/s1. The maximum absolute atomic E-state index is 11.9. The SMILES string of the molecule is C[C@@H]1C[C@@H](Sc2nnc(-c3cc(-c4ccc(Cl)cc4)nc4ccccc34)o2)C(=O)O1. The molecule has 5 rings (SSSR count). The maximum Gasteiger partial charge on any atom is 0.320 e. The van der Waals surface area contributed by atoms with Gasteiger partial charge in [0.25, 0.3) is 5.22 Å². The van der Waals surface area contributed by atoms with E-state index in [2.05, 4.69) is 10.2 Å². The zero-order valence-corrected chi connectivity index (χ0v) is 17.5. The Morgan fingerprint density at radius 2 is 1.90 bits per heavy atom. The number of benzene rings is 2. The molecule has 0 aliphatic carbocycles. The number of esters is 1. The van der Waals surface area contributed by atoms with Gasteiger partial charge >= 0.3 is 5.97 Å². The fourth-order valence-electron chi connectivity index (χ4n) is 3.43. The summed E-state index contributed by atoms with van der Waals surface area (Å²) in [6.45, 7) is 1.87. The minimum Gasteiger partial charge on any atom is -0.462 e. The average molecular weight is 438 g/mol. The van der Waals surface area contributed by atoms with Crippen molar-refractivity contribution < 1.29 is 13.9 Å². The van der Waals surface area contributed by atoms with Gasteiger partial charge in [-0.25, -0.2) is 4.98 Å². The van der Waals surface area contributed by atoms with E-state index < -0.39 is 0 Å². The van der Waals surface area contributed by atoms with Crippen LogP contribution in [0.25, 0.3) is 33.6 Å². The molecule has 2 atom stereocenters. The van der Waals surface area contributed by atoms with Crippen molar-refractivity contribution in [3.8, 4) is 22.7 Å². The van der Waals surface area contributed by atoms with E-state index in [1.165, 1.54) is 11.8 Å². The molecule has 0 unspecified atom stereocenters. The molecule has 0 bridgehead atoms. The summed E-state index contributed by atoms with van der Waals surface area (Å²) in [4.78, 5) is 16.7. The van der Waals surface area contributed by atoms with Gasteiger partial charge in [-0.15, -0.1) is 10.2 Å². The summed E-state index contributed by atoms with van der Waals surface area (Å²) < 4.78 is 11.1. The number of rotatable bonds is 4. The fourth-order valence-corrected chi connectivity index (χ4v) is 4.53. The number of nitrogens with zero attached hydrogens (tertiary/aromatic N) is 3. The lowest BCUT2D eigenvalue weighted by molar-refractivity contribution is -0.140. The highest BCUT2D eigenvalue weighted by Crippen LogP contribution is 2.35. The van der Waals surface area contributed by atoms with Gasteiger partial charge in [-0.3, -0.25) is 4.79 Å². The number of halogens is 1. The van der Waals surface area contributed by atoms with Crippen LogP contribution in [-0.4, -0.2) is 32.5 Å². The predicted molar refractivity (Wildman–Crippen MR) is 115 cm³/mol. The molecule has 4 aromatic rings. The van der Waals surface area contributed by atoms with E-state index in [4.69, 9.17) is 25.7 Å². The number of carbonyl (C=O) groups is 1. The van der Waals surface area contributed by atoms with Crippen molar-refractivity contribution in [2.24, 2.45) is 0 Å². The van der Waals surface area contributed by atoms with Crippen LogP contribution in [0, 0.1) is 0 Å². The van der Waals surface area contributed by atoms with Gasteiger partial charge in [-0.2, -0.15) is 0 Å². The molecule has 1 saturated heterocycles.